The van der Waals surface area contributed by atoms with Crippen molar-refractivity contribution in [2.45, 2.75) is 19.9 Å². The van der Waals surface area contributed by atoms with Crippen LogP contribution in [-0.4, -0.2) is 46.3 Å². The van der Waals surface area contributed by atoms with E-state index in [1.807, 2.05) is 18.2 Å². The lowest BCUT2D eigenvalue weighted by Gasteiger charge is -2.14. The number of benzene rings is 1. The molecule has 0 aliphatic carbocycles. The average molecular weight is 450 g/mol. The Kier molecular flexibility index (Phi) is 12.0. The summed E-state index contributed by atoms with van der Waals surface area (Å²) in [5.41, 5.74) is 1.66. The van der Waals surface area contributed by atoms with Crippen LogP contribution in [0.5, 0.6) is 5.75 Å². The van der Waals surface area contributed by atoms with E-state index in [1.54, 1.807) is 21.3 Å². The molecule has 136 valence electrons. The predicted octanol–water partition coefficient (Wildman–Crippen LogP) is 1.97. The maximum Gasteiger partial charge on any atom is 0.221 e. The van der Waals surface area contributed by atoms with Gasteiger partial charge in [-0.15, -0.1) is 24.0 Å². The molecule has 0 aliphatic heterocycles. The molecular weight excluding hydrogens is 423 g/mol. The lowest BCUT2D eigenvalue weighted by Crippen LogP contribution is -2.37. The third kappa shape index (κ3) is 8.34. The van der Waals surface area contributed by atoms with Crippen molar-refractivity contribution in [1.29, 1.82) is 0 Å². The van der Waals surface area contributed by atoms with Crippen LogP contribution in [-0.2, 0) is 16.1 Å². The van der Waals surface area contributed by atoms with Crippen LogP contribution in [0.4, 0.5) is 5.69 Å². The quantitative estimate of drug-likeness (QED) is 0.244. The van der Waals surface area contributed by atoms with Crippen LogP contribution in [0.1, 0.15) is 18.9 Å². The van der Waals surface area contributed by atoms with E-state index in [4.69, 9.17) is 9.47 Å². The minimum absolute atomic E-state index is 0. The minimum atomic E-state index is -0.135. The van der Waals surface area contributed by atoms with Crippen molar-refractivity contribution >= 4 is 41.5 Å². The van der Waals surface area contributed by atoms with E-state index >= 15 is 0 Å². The van der Waals surface area contributed by atoms with Crippen molar-refractivity contribution in [1.82, 2.24) is 10.6 Å². The molecule has 0 bridgehead atoms. The van der Waals surface area contributed by atoms with Crippen LogP contribution in [0.15, 0.2) is 23.2 Å². The molecule has 1 rings (SSSR count). The third-order valence-corrected chi connectivity index (χ3v) is 3.08. The first kappa shape index (κ1) is 22.4. The van der Waals surface area contributed by atoms with Crippen molar-refractivity contribution in [2.24, 2.45) is 4.99 Å². The number of amides is 1. The van der Waals surface area contributed by atoms with Crippen molar-refractivity contribution in [3.05, 3.63) is 23.8 Å². The van der Waals surface area contributed by atoms with Gasteiger partial charge in [0, 0.05) is 40.8 Å². The molecule has 0 spiro atoms. The van der Waals surface area contributed by atoms with Crippen molar-refractivity contribution in [2.75, 3.05) is 39.7 Å². The van der Waals surface area contributed by atoms with E-state index in [0.717, 1.165) is 24.5 Å². The molecule has 7 nitrogen and oxygen atoms in total. The van der Waals surface area contributed by atoms with Gasteiger partial charge in [0.2, 0.25) is 5.91 Å². The Morgan fingerprint density at radius 3 is 2.58 bits per heavy atom. The Morgan fingerprint density at radius 2 is 2.00 bits per heavy atom. The van der Waals surface area contributed by atoms with E-state index < -0.39 is 0 Å². The molecule has 24 heavy (non-hydrogen) atoms. The first-order valence-electron chi connectivity index (χ1n) is 7.48. The summed E-state index contributed by atoms with van der Waals surface area (Å²) in [7, 11) is 4.98. The molecule has 3 N–H and O–H groups in total. The van der Waals surface area contributed by atoms with E-state index in [1.165, 1.54) is 6.92 Å². The van der Waals surface area contributed by atoms with Gasteiger partial charge in [0.1, 0.15) is 5.75 Å². The number of hydrogen-bond acceptors (Lipinski definition) is 4. The molecule has 1 aromatic rings. The summed E-state index contributed by atoms with van der Waals surface area (Å²) in [6.07, 6.45) is 0.909. The maximum absolute atomic E-state index is 11.3. The number of guanidine groups is 1. The fourth-order valence-corrected chi connectivity index (χ4v) is 1.98. The molecule has 0 unspecified atom stereocenters. The topological polar surface area (TPSA) is 84.0 Å². The predicted molar refractivity (Wildman–Crippen MR) is 107 cm³/mol. The molecule has 8 heteroatoms. The second-order valence-corrected chi connectivity index (χ2v) is 4.91. The lowest BCUT2D eigenvalue weighted by molar-refractivity contribution is -0.114. The Balaban J connectivity index is 0.00000529. The van der Waals surface area contributed by atoms with Gasteiger partial charge in [0.25, 0.3) is 0 Å². The summed E-state index contributed by atoms with van der Waals surface area (Å²) in [6.45, 7) is 3.55. The molecule has 1 aromatic carbocycles. The maximum atomic E-state index is 11.3. The summed E-state index contributed by atoms with van der Waals surface area (Å²) in [6, 6.07) is 5.65. The van der Waals surface area contributed by atoms with Gasteiger partial charge in [0.05, 0.1) is 12.8 Å². The van der Waals surface area contributed by atoms with Gasteiger partial charge >= 0.3 is 0 Å². The number of nitrogens with one attached hydrogen (secondary N) is 3. The summed E-state index contributed by atoms with van der Waals surface area (Å²) < 4.78 is 10.2. The van der Waals surface area contributed by atoms with Crippen molar-refractivity contribution < 1.29 is 14.3 Å². The van der Waals surface area contributed by atoms with E-state index in [9.17, 15) is 4.79 Å². The van der Waals surface area contributed by atoms with Crippen LogP contribution in [0.3, 0.4) is 0 Å². The normalized spacial score (nSPS) is 10.6. The summed E-state index contributed by atoms with van der Waals surface area (Å²) in [4.78, 5) is 15.4. The third-order valence-electron chi connectivity index (χ3n) is 3.08. The molecule has 0 aliphatic rings. The monoisotopic (exact) mass is 450 g/mol. The van der Waals surface area contributed by atoms with Gasteiger partial charge < -0.3 is 25.4 Å². The Bertz CT molecular complexity index is 538. The Hall–Kier alpha value is -1.55. The Labute approximate surface area is 160 Å². The number of carbonyl (C=O) groups is 1. The number of anilines is 1. The van der Waals surface area contributed by atoms with Gasteiger partial charge in [-0.05, 0) is 24.1 Å². The lowest BCUT2D eigenvalue weighted by atomic mass is 10.2. The van der Waals surface area contributed by atoms with Crippen LogP contribution in [0.2, 0.25) is 0 Å². The zero-order valence-corrected chi connectivity index (χ0v) is 17.0. The number of ether oxygens (including phenoxy) is 2. The molecule has 0 saturated carbocycles. The van der Waals surface area contributed by atoms with E-state index in [-0.39, 0.29) is 29.9 Å². The number of nitrogens with zero attached hydrogens (tertiary/aromatic N) is 1. The van der Waals surface area contributed by atoms with Crippen molar-refractivity contribution in [3.63, 3.8) is 0 Å². The standard InChI is InChI=1S/C16H26N4O3.HI/c1-12(21)20-14-10-13(6-7-15(14)23-4)11-19-16(17-2)18-8-5-9-22-3;/h6-7,10H,5,8-9,11H2,1-4H3,(H,20,21)(H2,17,18,19);1H. The summed E-state index contributed by atoms with van der Waals surface area (Å²) in [5, 5.41) is 9.20. The second-order valence-electron chi connectivity index (χ2n) is 4.91. The number of halogens is 1. The fourth-order valence-electron chi connectivity index (χ4n) is 1.98. The average Bonchev–Trinajstić information content (AvgIpc) is 2.54. The number of carbonyl (C=O) groups excluding carboxylic acids is 1. The molecule has 0 radical (unpaired) electrons. The highest BCUT2D eigenvalue weighted by Crippen LogP contribution is 2.25. The highest BCUT2D eigenvalue weighted by molar-refractivity contribution is 14.0. The van der Waals surface area contributed by atoms with E-state index in [0.29, 0.717) is 24.6 Å². The smallest absolute Gasteiger partial charge is 0.221 e. The zero-order valence-electron chi connectivity index (χ0n) is 14.6. The number of hydrogen-bond donors (Lipinski definition) is 3. The molecule has 0 aromatic heterocycles. The first-order chi connectivity index (χ1) is 11.1. The molecular formula is C16H27IN4O3. The summed E-state index contributed by atoms with van der Waals surface area (Å²) in [5.74, 6) is 1.22. The van der Waals surface area contributed by atoms with Crippen LogP contribution in [0.25, 0.3) is 0 Å². The zero-order chi connectivity index (χ0) is 17.1. The van der Waals surface area contributed by atoms with Crippen molar-refractivity contribution in [3.8, 4) is 5.75 Å². The Morgan fingerprint density at radius 1 is 1.25 bits per heavy atom. The number of rotatable bonds is 8. The van der Waals surface area contributed by atoms with Gasteiger partial charge in [0.15, 0.2) is 5.96 Å². The molecule has 0 atom stereocenters. The van der Waals surface area contributed by atoms with Gasteiger partial charge in [-0.25, -0.2) is 0 Å². The summed E-state index contributed by atoms with van der Waals surface area (Å²) >= 11 is 0. The first-order valence-corrected chi connectivity index (χ1v) is 7.48. The van der Waals surface area contributed by atoms with E-state index in [2.05, 4.69) is 20.9 Å². The van der Waals surface area contributed by atoms with Gasteiger partial charge in [-0.2, -0.15) is 0 Å². The molecule has 1 amide bonds. The SMILES string of the molecule is CN=C(NCCCOC)NCc1ccc(OC)c(NC(C)=O)c1.I. The van der Waals surface area contributed by atoms with Gasteiger partial charge in [-0.3, -0.25) is 9.79 Å². The fraction of sp³-hybridized carbons (Fsp3) is 0.500. The number of aliphatic imine (C=N–C) groups is 1. The van der Waals surface area contributed by atoms with Crippen LogP contribution in [0, 0.1) is 0 Å². The van der Waals surface area contributed by atoms with Gasteiger partial charge in [-0.1, -0.05) is 6.07 Å². The van der Waals surface area contributed by atoms with Crippen LogP contribution < -0.4 is 20.7 Å². The highest BCUT2D eigenvalue weighted by atomic mass is 127. The molecule has 0 fully saturated rings. The number of methoxy groups -OCH3 is 2. The largest absolute Gasteiger partial charge is 0.495 e. The molecule has 0 saturated heterocycles. The minimum Gasteiger partial charge on any atom is -0.495 e. The highest BCUT2D eigenvalue weighted by Gasteiger charge is 2.06. The molecule has 0 heterocycles. The van der Waals surface area contributed by atoms with Crippen LogP contribution >= 0.6 is 24.0 Å². The second kappa shape index (κ2) is 12.8.